The topological polar surface area (TPSA) is 29.5 Å². The minimum atomic E-state index is 0.0687. The van der Waals surface area contributed by atoms with Crippen molar-refractivity contribution < 1.29 is 9.53 Å². The maximum absolute atomic E-state index is 12.6. The summed E-state index contributed by atoms with van der Waals surface area (Å²) in [4.78, 5) is 14.5. The second-order valence-electron chi connectivity index (χ2n) is 5.71. The molecule has 1 saturated heterocycles. The Balaban J connectivity index is 1.73. The number of amides is 1. The van der Waals surface area contributed by atoms with Crippen molar-refractivity contribution in [1.82, 2.24) is 4.90 Å². The van der Waals surface area contributed by atoms with Gasteiger partial charge < -0.3 is 9.64 Å². The number of methoxy groups -OCH3 is 1. The largest absolute Gasteiger partial charge is 0.497 e. The zero-order valence-electron chi connectivity index (χ0n) is 13.3. The molecular formula is C20H21NO2. The molecule has 3 rings (SSSR count). The van der Waals surface area contributed by atoms with Gasteiger partial charge in [0, 0.05) is 12.6 Å². The van der Waals surface area contributed by atoms with E-state index in [9.17, 15) is 4.79 Å². The second-order valence-corrected chi connectivity index (χ2v) is 5.71. The summed E-state index contributed by atoms with van der Waals surface area (Å²) < 4.78 is 5.21. The van der Waals surface area contributed by atoms with Crippen LogP contribution in [0.2, 0.25) is 0 Å². The van der Waals surface area contributed by atoms with Gasteiger partial charge in [0.2, 0.25) is 5.91 Å². The molecule has 1 aliphatic heterocycles. The highest BCUT2D eigenvalue weighted by molar-refractivity contribution is 5.92. The molecule has 0 saturated carbocycles. The van der Waals surface area contributed by atoms with Gasteiger partial charge in [0.1, 0.15) is 5.75 Å². The van der Waals surface area contributed by atoms with Gasteiger partial charge in [-0.25, -0.2) is 0 Å². The van der Waals surface area contributed by atoms with E-state index in [0.717, 1.165) is 30.7 Å². The molecule has 1 atom stereocenters. The van der Waals surface area contributed by atoms with Crippen molar-refractivity contribution in [2.45, 2.75) is 18.9 Å². The summed E-state index contributed by atoms with van der Waals surface area (Å²) in [5.41, 5.74) is 2.18. The molecule has 2 aromatic rings. The van der Waals surface area contributed by atoms with Gasteiger partial charge in [0.15, 0.2) is 0 Å². The van der Waals surface area contributed by atoms with Gasteiger partial charge in [-0.2, -0.15) is 0 Å². The quantitative estimate of drug-likeness (QED) is 0.797. The monoisotopic (exact) mass is 307 g/mol. The Morgan fingerprint density at radius 2 is 2.00 bits per heavy atom. The summed E-state index contributed by atoms with van der Waals surface area (Å²) in [5, 5.41) is 0. The van der Waals surface area contributed by atoms with Crippen LogP contribution in [0.1, 0.15) is 30.0 Å². The summed E-state index contributed by atoms with van der Waals surface area (Å²) in [7, 11) is 1.64. The number of carbonyl (C=O) groups is 1. The SMILES string of the molecule is COc1cccc(C=CC(=O)N2CCCC2c2ccccc2)c1. The van der Waals surface area contributed by atoms with Crippen molar-refractivity contribution >= 4 is 12.0 Å². The first-order chi connectivity index (χ1) is 11.3. The number of benzene rings is 2. The third-order valence-corrected chi connectivity index (χ3v) is 4.23. The first-order valence-corrected chi connectivity index (χ1v) is 7.95. The van der Waals surface area contributed by atoms with E-state index in [4.69, 9.17) is 4.74 Å². The number of rotatable bonds is 4. The van der Waals surface area contributed by atoms with E-state index in [1.807, 2.05) is 53.4 Å². The van der Waals surface area contributed by atoms with Crippen molar-refractivity contribution in [3.63, 3.8) is 0 Å². The summed E-state index contributed by atoms with van der Waals surface area (Å²) in [6, 6.07) is 18.2. The van der Waals surface area contributed by atoms with Crippen LogP contribution in [0.5, 0.6) is 5.75 Å². The molecule has 1 fully saturated rings. The van der Waals surface area contributed by atoms with Gasteiger partial charge in [-0.15, -0.1) is 0 Å². The van der Waals surface area contributed by atoms with Crippen LogP contribution in [0.15, 0.2) is 60.7 Å². The highest BCUT2D eigenvalue weighted by Gasteiger charge is 2.28. The average Bonchev–Trinajstić information content (AvgIpc) is 3.10. The van der Waals surface area contributed by atoms with E-state index in [1.54, 1.807) is 13.2 Å². The van der Waals surface area contributed by atoms with E-state index in [1.165, 1.54) is 5.56 Å². The number of ether oxygens (including phenoxy) is 1. The molecule has 1 aliphatic rings. The first kappa shape index (κ1) is 15.3. The lowest BCUT2D eigenvalue weighted by Crippen LogP contribution is -2.28. The van der Waals surface area contributed by atoms with Gasteiger partial charge in [-0.1, -0.05) is 42.5 Å². The van der Waals surface area contributed by atoms with Gasteiger partial charge >= 0.3 is 0 Å². The molecule has 1 unspecified atom stereocenters. The molecule has 2 aromatic carbocycles. The standard InChI is InChI=1S/C20H21NO2/c1-23-18-10-5-7-16(15-18)12-13-20(22)21-14-6-11-19(21)17-8-3-2-4-9-17/h2-5,7-10,12-13,15,19H,6,11,14H2,1H3. The summed E-state index contributed by atoms with van der Waals surface area (Å²) in [6.07, 6.45) is 5.60. The van der Waals surface area contributed by atoms with Crippen molar-refractivity contribution in [1.29, 1.82) is 0 Å². The van der Waals surface area contributed by atoms with Crippen LogP contribution in [0, 0.1) is 0 Å². The normalized spacial score (nSPS) is 17.6. The number of nitrogens with zero attached hydrogens (tertiary/aromatic N) is 1. The average molecular weight is 307 g/mol. The third kappa shape index (κ3) is 3.62. The third-order valence-electron chi connectivity index (χ3n) is 4.23. The molecule has 3 heteroatoms. The number of hydrogen-bond acceptors (Lipinski definition) is 2. The van der Waals surface area contributed by atoms with Gasteiger partial charge in [0.05, 0.1) is 13.2 Å². The first-order valence-electron chi connectivity index (χ1n) is 7.95. The maximum atomic E-state index is 12.6. The summed E-state index contributed by atoms with van der Waals surface area (Å²) in [6.45, 7) is 0.820. The van der Waals surface area contributed by atoms with E-state index < -0.39 is 0 Å². The van der Waals surface area contributed by atoms with Crippen LogP contribution in [-0.2, 0) is 4.79 Å². The fourth-order valence-electron chi connectivity index (χ4n) is 3.06. The van der Waals surface area contributed by atoms with Crippen molar-refractivity contribution in [2.24, 2.45) is 0 Å². The predicted octanol–water partition coefficient (Wildman–Crippen LogP) is 4.07. The molecule has 1 amide bonds. The lowest BCUT2D eigenvalue weighted by Gasteiger charge is -2.23. The van der Waals surface area contributed by atoms with E-state index in [0.29, 0.717) is 0 Å². The number of carbonyl (C=O) groups excluding carboxylic acids is 1. The highest BCUT2D eigenvalue weighted by Crippen LogP contribution is 2.31. The summed E-state index contributed by atoms with van der Waals surface area (Å²) >= 11 is 0. The summed E-state index contributed by atoms with van der Waals surface area (Å²) in [5.74, 6) is 0.863. The maximum Gasteiger partial charge on any atom is 0.247 e. The van der Waals surface area contributed by atoms with E-state index in [-0.39, 0.29) is 11.9 Å². The van der Waals surface area contributed by atoms with Crippen LogP contribution >= 0.6 is 0 Å². The zero-order chi connectivity index (χ0) is 16.1. The predicted molar refractivity (Wildman–Crippen MR) is 92.2 cm³/mol. The molecule has 0 radical (unpaired) electrons. The van der Waals surface area contributed by atoms with Crippen LogP contribution in [0.25, 0.3) is 6.08 Å². The molecule has 118 valence electrons. The molecule has 0 aromatic heterocycles. The van der Waals surface area contributed by atoms with Crippen LogP contribution in [0.3, 0.4) is 0 Å². The van der Waals surface area contributed by atoms with E-state index >= 15 is 0 Å². The Bertz CT molecular complexity index is 694. The molecule has 1 heterocycles. The fraction of sp³-hybridized carbons (Fsp3) is 0.250. The van der Waals surface area contributed by atoms with Crippen molar-refractivity contribution in [3.05, 3.63) is 71.8 Å². The molecule has 23 heavy (non-hydrogen) atoms. The minimum Gasteiger partial charge on any atom is -0.497 e. The Hall–Kier alpha value is -2.55. The fourth-order valence-corrected chi connectivity index (χ4v) is 3.06. The number of hydrogen-bond donors (Lipinski definition) is 0. The Labute approximate surface area is 137 Å². The lowest BCUT2D eigenvalue weighted by atomic mass is 10.0. The second kappa shape index (κ2) is 7.14. The van der Waals surface area contributed by atoms with Crippen molar-refractivity contribution in [3.8, 4) is 5.75 Å². The minimum absolute atomic E-state index is 0.0687. The molecule has 3 nitrogen and oxygen atoms in total. The molecule has 0 aliphatic carbocycles. The van der Waals surface area contributed by atoms with Crippen LogP contribution < -0.4 is 4.74 Å². The Morgan fingerprint density at radius 3 is 2.78 bits per heavy atom. The highest BCUT2D eigenvalue weighted by atomic mass is 16.5. The van der Waals surface area contributed by atoms with Gasteiger partial charge in [-0.3, -0.25) is 4.79 Å². The molecular weight excluding hydrogens is 286 g/mol. The lowest BCUT2D eigenvalue weighted by molar-refractivity contribution is -0.126. The van der Waals surface area contributed by atoms with Gasteiger partial charge in [-0.05, 0) is 42.2 Å². The van der Waals surface area contributed by atoms with E-state index in [2.05, 4.69) is 12.1 Å². The zero-order valence-corrected chi connectivity index (χ0v) is 13.3. The molecule has 0 bridgehead atoms. The Kier molecular flexibility index (Phi) is 4.77. The van der Waals surface area contributed by atoms with Crippen LogP contribution in [0.4, 0.5) is 0 Å². The van der Waals surface area contributed by atoms with Crippen LogP contribution in [-0.4, -0.2) is 24.5 Å². The van der Waals surface area contributed by atoms with Gasteiger partial charge in [0.25, 0.3) is 0 Å². The smallest absolute Gasteiger partial charge is 0.247 e. The molecule has 0 spiro atoms. The van der Waals surface area contributed by atoms with Crippen molar-refractivity contribution in [2.75, 3.05) is 13.7 Å². The Morgan fingerprint density at radius 1 is 1.17 bits per heavy atom. The number of likely N-dealkylation sites (tertiary alicyclic amines) is 1. The molecule has 0 N–H and O–H groups in total.